The van der Waals surface area contributed by atoms with Crippen molar-refractivity contribution in [3.63, 3.8) is 0 Å². The fraction of sp³-hybridized carbons (Fsp3) is 0.450. The topological polar surface area (TPSA) is 80.0 Å². The first-order valence-electron chi connectivity index (χ1n) is 9.87. The molecule has 0 spiro atoms. The van der Waals surface area contributed by atoms with Crippen molar-refractivity contribution >= 4 is 22.9 Å². The first kappa shape index (κ1) is 18.3. The maximum atomic E-state index is 12.2. The summed E-state index contributed by atoms with van der Waals surface area (Å²) in [7, 11) is 0. The van der Waals surface area contributed by atoms with Crippen LogP contribution in [0, 0.1) is 0 Å². The predicted molar refractivity (Wildman–Crippen MR) is 107 cm³/mol. The molecule has 3 aromatic rings. The third-order valence-corrected chi connectivity index (χ3v) is 5.13. The van der Waals surface area contributed by atoms with E-state index in [2.05, 4.69) is 44.2 Å². The summed E-state index contributed by atoms with van der Waals surface area (Å²) in [6, 6.07) is 10.1. The Morgan fingerprint density at radius 1 is 1.07 bits per heavy atom. The van der Waals surface area contributed by atoms with Gasteiger partial charge in [-0.3, -0.25) is 4.79 Å². The Labute approximate surface area is 164 Å². The van der Waals surface area contributed by atoms with Gasteiger partial charge in [0.15, 0.2) is 17.0 Å². The second kappa shape index (κ2) is 8.33. The molecule has 1 aliphatic rings. The number of piperazine rings is 1. The average Bonchev–Trinajstić information content (AvgIpc) is 3.16. The van der Waals surface area contributed by atoms with E-state index in [9.17, 15) is 4.79 Å². The third kappa shape index (κ3) is 3.81. The summed E-state index contributed by atoms with van der Waals surface area (Å²) in [5.74, 6) is 1.05. The SMILES string of the molecule is CCCCC(=O)N1CCN(c2ncnc3c2nnn3Cc2ccccc2)CC1. The Bertz CT molecular complexity index is 932. The summed E-state index contributed by atoms with van der Waals surface area (Å²) >= 11 is 0. The van der Waals surface area contributed by atoms with Gasteiger partial charge in [-0.15, -0.1) is 5.10 Å². The van der Waals surface area contributed by atoms with Gasteiger partial charge < -0.3 is 9.80 Å². The Morgan fingerprint density at radius 2 is 1.86 bits per heavy atom. The predicted octanol–water partition coefficient (Wildman–Crippen LogP) is 2.11. The minimum Gasteiger partial charge on any atom is -0.351 e. The molecule has 0 bridgehead atoms. The molecule has 8 nitrogen and oxygen atoms in total. The van der Waals surface area contributed by atoms with Gasteiger partial charge in [0.2, 0.25) is 5.91 Å². The van der Waals surface area contributed by atoms with Crippen molar-refractivity contribution in [3.8, 4) is 0 Å². The number of anilines is 1. The van der Waals surface area contributed by atoms with Crippen LogP contribution >= 0.6 is 0 Å². The minimum absolute atomic E-state index is 0.253. The van der Waals surface area contributed by atoms with Gasteiger partial charge in [-0.2, -0.15) is 0 Å². The molecule has 0 N–H and O–H groups in total. The van der Waals surface area contributed by atoms with Gasteiger partial charge in [0.05, 0.1) is 6.54 Å². The van der Waals surface area contributed by atoms with Crippen molar-refractivity contribution in [2.45, 2.75) is 32.7 Å². The van der Waals surface area contributed by atoms with Crippen LogP contribution in [0.4, 0.5) is 5.82 Å². The molecule has 0 aliphatic carbocycles. The summed E-state index contributed by atoms with van der Waals surface area (Å²) < 4.78 is 1.81. The van der Waals surface area contributed by atoms with Crippen molar-refractivity contribution in [2.75, 3.05) is 31.1 Å². The normalized spacial score (nSPS) is 14.6. The highest BCUT2D eigenvalue weighted by Gasteiger charge is 2.24. The monoisotopic (exact) mass is 379 g/mol. The third-order valence-electron chi connectivity index (χ3n) is 5.13. The van der Waals surface area contributed by atoms with E-state index in [0.717, 1.165) is 43.0 Å². The highest BCUT2D eigenvalue weighted by molar-refractivity contribution is 5.83. The van der Waals surface area contributed by atoms with E-state index in [0.29, 0.717) is 31.6 Å². The molecule has 1 aliphatic heterocycles. The lowest BCUT2D eigenvalue weighted by Crippen LogP contribution is -2.49. The van der Waals surface area contributed by atoms with Crippen LogP contribution in [0.2, 0.25) is 0 Å². The van der Waals surface area contributed by atoms with Gasteiger partial charge in [-0.1, -0.05) is 48.9 Å². The molecule has 1 fully saturated rings. The fourth-order valence-corrected chi connectivity index (χ4v) is 3.53. The molecule has 1 saturated heterocycles. The quantitative estimate of drug-likeness (QED) is 0.653. The summed E-state index contributed by atoms with van der Waals surface area (Å²) in [5.41, 5.74) is 2.59. The zero-order valence-electron chi connectivity index (χ0n) is 16.2. The van der Waals surface area contributed by atoms with Crippen LogP contribution in [0.1, 0.15) is 31.7 Å². The molecule has 3 heterocycles. The van der Waals surface area contributed by atoms with E-state index in [1.54, 1.807) is 11.0 Å². The molecule has 146 valence electrons. The first-order chi connectivity index (χ1) is 13.8. The Balaban J connectivity index is 1.49. The lowest BCUT2D eigenvalue weighted by molar-refractivity contribution is -0.131. The zero-order valence-corrected chi connectivity index (χ0v) is 16.2. The van der Waals surface area contributed by atoms with Gasteiger partial charge in [-0.05, 0) is 12.0 Å². The average molecular weight is 379 g/mol. The number of rotatable bonds is 6. The molecule has 0 radical (unpaired) electrons. The van der Waals surface area contributed by atoms with E-state index in [4.69, 9.17) is 0 Å². The standard InChI is InChI=1S/C20H25N7O/c1-2-3-9-17(28)25-10-12-26(13-11-25)19-18-20(22-15-21-19)27(24-23-18)14-16-7-5-4-6-8-16/h4-8,15H,2-3,9-14H2,1H3. The highest BCUT2D eigenvalue weighted by Crippen LogP contribution is 2.22. The molecular formula is C20H25N7O. The molecule has 2 aromatic heterocycles. The van der Waals surface area contributed by atoms with E-state index < -0.39 is 0 Å². The highest BCUT2D eigenvalue weighted by atomic mass is 16.2. The number of hydrogen-bond acceptors (Lipinski definition) is 6. The van der Waals surface area contributed by atoms with E-state index >= 15 is 0 Å². The van der Waals surface area contributed by atoms with Crippen molar-refractivity contribution in [2.24, 2.45) is 0 Å². The first-order valence-corrected chi connectivity index (χ1v) is 9.87. The summed E-state index contributed by atoms with van der Waals surface area (Å²) in [4.78, 5) is 25.2. The maximum absolute atomic E-state index is 12.2. The van der Waals surface area contributed by atoms with Crippen LogP contribution in [0.15, 0.2) is 36.7 Å². The van der Waals surface area contributed by atoms with Crippen molar-refractivity contribution in [3.05, 3.63) is 42.2 Å². The molecule has 0 unspecified atom stereocenters. The van der Waals surface area contributed by atoms with Crippen molar-refractivity contribution < 1.29 is 4.79 Å². The van der Waals surface area contributed by atoms with E-state index in [1.165, 1.54) is 0 Å². The largest absolute Gasteiger partial charge is 0.351 e. The number of aromatic nitrogens is 5. The Hall–Kier alpha value is -3.03. The summed E-state index contributed by atoms with van der Waals surface area (Å²) in [6.07, 6.45) is 4.21. The van der Waals surface area contributed by atoms with Gasteiger partial charge in [0.25, 0.3) is 0 Å². The smallest absolute Gasteiger partial charge is 0.222 e. The number of carbonyl (C=O) groups excluding carboxylic acids is 1. The summed E-state index contributed by atoms with van der Waals surface area (Å²) in [5, 5.41) is 8.65. The van der Waals surface area contributed by atoms with Crippen molar-refractivity contribution in [1.29, 1.82) is 0 Å². The maximum Gasteiger partial charge on any atom is 0.222 e. The van der Waals surface area contributed by atoms with Crippen LogP contribution in [0.25, 0.3) is 11.2 Å². The van der Waals surface area contributed by atoms with Gasteiger partial charge in [0.1, 0.15) is 6.33 Å². The van der Waals surface area contributed by atoms with Gasteiger partial charge in [-0.25, -0.2) is 14.6 Å². The molecule has 1 amide bonds. The number of benzene rings is 1. The lowest BCUT2D eigenvalue weighted by Gasteiger charge is -2.35. The van der Waals surface area contributed by atoms with Gasteiger partial charge in [0, 0.05) is 32.6 Å². The second-order valence-corrected chi connectivity index (χ2v) is 7.07. The number of nitrogens with zero attached hydrogens (tertiary/aromatic N) is 7. The minimum atomic E-state index is 0.253. The number of hydrogen-bond donors (Lipinski definition) is 0. The lowest BCUT2D eigenvalue weighted by atomic mass is 10.2. The van der Waals surface area contributed by atoms with Crippen LogP contribution in [0.3, 0.4) is 0 Å². The zero-order chi connectivity index (χ0) is 19.3. The number of fused-ring (bicyclic) bond motifs is 1. The van der Waals surface area contributed by atoms with Crippen LogP contribution < -0.4 is 4.90 Å². The van der Waals surface area contributed by atoms with E-state index in [1.807, 2.05) is 23.1 Å². The Kier molecular flexibility index (Phi) is 5.45. The molecule has 0 atom stereocenters. The van der Waals surface area contributed by atoms with Crippen LogP contribution in [-0.4, -0.2) is 61.9 Å². The molecular weight excluding hydrogens is 354 g/mol. The molecule has 1 aromatic carbocycles. The molecule has 28 heavy (non-hydrogen) atoms. The second-order valence-electron chi connectivity index (χ2n) is 7.07. The summed E-state index contributed by atoms with van der Waals surface area (Å²) in [6.45, 7) is 5.65. The van der Waals surface area contributed by atoms with Crippen LogP contribution in [0.5, 0.6) is 0 Å². The Morgan fingerprint density at radius 3 is 2.61 bits per heavy atom. The van der Waals surface area contributed by atoms with Gasteiger partial charge >= 0.3 is 0 Å². The molecule has 8 heteroatoms. The number of amides is 1. The molecule has 0 saturated carbocycles. The fourth-order valence-electron chi connectivity index (χ4n) is 3.53. The van der Waals surface area contributed by atoms with E-state index in [-0.39, 0.29) is 5.91 Å². The number of carbonyl (C=O) groups is 1. The van der Waals surface area contributed by atoms with Crippen LogP contribution in [-0.2, 0) is 11.3 Å². The molecule has 4 rings (SSSR count). The van der Waals surface area contributed by atoms with Crippen molar-refractivity contribution in [1.82, 2.24) is 29.9 Å². The number of unbranched alkanes of at least 4 members (excludes halogenated alkanes) is 1.